The minimum absolute atomic E-state index is 0. The van der Waals surface area contributed by atoms with Gasteiger partial charge < -0.3 is 10.1 Å². The predicted molar refractivity (Wildman–Crippen MR) is 115 cm³/mol. The van der Waals surface area contributed by atoms with Gasteiger partial charge in [-0.3, -0.25) is 4.72 Å². The first-order valence-corrected chi connectivity index (χ1v) is 10.6. The summed E-state index contributed by atoms with van der Waals surface area (Å²) in [7, 11) is -3.72. The van der Waals surface area contributed by atoms with Crippen molar-refractivity contribution in [1.29, 1.82) is 0 Å². The summed E-state index contributed by atoms with van der Waals surface area (Å²) < 4.78 is 34.2. The molecule has 1 aliphatic heterocycles. The lowest BCUT2D eigenvalue weighted by Crippen LogP contribution is -2.19. The normalized spacial score (nSPS) is 16.5. The largest absolute Gasteiger partial charge is 0.488 e. The van der Waals surface area contributed by atoms with E-state index in [4.69, 9.17) is 16.3 Å². The Morgan fingerprint density at radius 1 is 1.00 bits per heavy atom. The molecule has 28 heavy (non-hydrogen) atoms. The Bertz CT molecular complexity index is 1070. The number of sulfonamides is 1. The molecule has 1 fully saturated rings. The lowest BCUT2D eigenvalue weighted by Gasteiger charge is -2.17. The first-order chi connectivity index (χ1) is 13.0. The van der Waals surface area contributed by atoms with Gasteiger partial charge in [-0.15, -0.1) is 12.4 Å². The van der Waals surface area contributed by atoms with Crippen LogP contribution in [-0.4, -0.2) is 27.6 Å². The molecule has 0 radical (unpaired) electrons. The summed E-state index contributed by atoms with van der Waals surface area (Å²) in [5.41, 5.74) is 0.512. The van der Waals surface area contributed by atoms with Crippen molar-refractivity contribution in [2.24, 2.45) is 0 Å². The van der Waals surface area contributed by atoms with Crippen LogP contribution in [0.4, 0.5) is 5.69 Å². The minimum Gasteiger partial charge on any atom is -0.488 e. The van der Waals surface area contributed by atoms with Gasteiger partial charge in [0.25, 0.3) is 10.0 Å². The fourth-order valence-electron chi connectivity index (χ4n) is 3.19. The molecule has 2 N–H and O–H groups in total. The molecule has 3 aromatic rings. The molecule has 0 amide bonds. The first-order valence-electron chi connectivity index (χ1n) is 8.70. The summed E-state index contributed by atoms with van der Waals surface area (Å²) in [5.74, 6) is 0.758. The number of rotatable bonds is 5. The van der Waals surface area contributed by atoms with E-state index in [0.717, 1.165) is 36.0 Å². The van der Waals surface area contributed by atoms with Gasteiger partial charge in [-0.25, -0.2) is 8.42 Å². The molecule has 0 saturated carbocycles. The molecule has 1 saturated heterocycles. The zero-order valence-electron chi connectivity index (χ0n) is 14.9. The van der Waals surface area contributed by atoms with Crippen LogP contribution in [0.15, 0.2) is 65.6 Å². The summed E-state index contributed by atoms with van der Waals surface area (Å²) in [5, 5.41) is 5.43. The van der Waals surface area contributed by atoms with Crippen LogP contribution in [0.2, 0.25) is 5.02 Å². The second-order valence-corrected chi connectivity index (χ2v) is 8.57. The van der Waals surface area contributed by atoms with Gasteiger partial charge in [0, 0.05) is 22.3 Å². The van der Waals surface area contributed by atoms with E-state index >= 15 is 0 Å². The molecule has 1 unspecified atom stereocenters. The van der Waals surface area contributed by atoms with Crippen molar-refractivity contribution < 1.29 is 13.2 Å². The van der Waals surface area contributed by atoms with Crippen LogP contribution < -0.4 is 14.8 Å². The Hall–Kier alpha value is -1.99. The van der Waals surface area contributed by atoms with Crippen molar-refractivity contribution >= 4 is 50.5 Å². The molecule has 8 heteroatoms. The molecule has 4 rings (SSSR count). The Balaban J connectivity index is 0.00000225. The smallest absolute Gasteiger partial charge is 0.261 e. The zero-order valence-corrected chi connectivity index (χ0v) is 17.3. The monoisotopic (exact) mass is 438 g/mol. The molecular formula is C20H20Cl2N2O3S. The van der Waals surface area contributed by atoms with Crippen LogP contribution in [-0.2, 0) is 10.0 Å². The topological polar surface area (TPSA) is 67.4 Å². The van der Waals surface area contributed by atoms with Crippen molar-refractivity contribution in [3.8, 4) is 5.75 Å². The third-order valence-corrected chi connectivity index (χ3v) is 6.19. The number of hydrogen-bond donors (Lipinski definition) is 2. The SMILES string of the molecule is Cl.O=S(=O)(Nc1ccc(OC2CCNC2)c2ccccc12)c1ccc(Cl)cc1. The van der Waals surface area contributed by atoms with Crippen LogP contribution in [0.1, 0.15) is 6.42 Å². The summed E-state index contributed by atoms with van der Waals surface area (Å²) in [6, 6.07) is 17.3. The van der Waals surface area contributed by atoms with Crippen molar-refractivity contribution in [3.63, 3.8) is 0 Å². The van der Waals surface area contributed by atoms with Gasteiger partial charge in [-0.2, -0.15) is 0 Å². The molecule has 3 aromatic carbocycles. The van der Waals surface area contributed by atoms with Gasteiger partial charge in [0.15, 0.2) is 0 Å². The third-order valence-electron chi connectivity index (χ3n) is 4.56. The maximum atomic E-state index is 12.7. The van der Waals surface area contributed by atoms with Crippen LogP contribution in [0.5, 0.6) is 5.75 Å². The molecule has 0 aliphatic carbocycles. The van der Waals surface area contributed by atoms with Crippen molar-refractivity contribution in [3.05, 3.63) is 65.7 Å². The molecular weight excluding hydrogens is 419 g/mol. The van der Waals surface area contributed by atoms with Gasteiger partial charge >= 0.3 is 0 Å². The average molecular weight is 439 g/mol. The van der Waals surface area contributed by atoms with Crippen LogP contribution in [0.25, 0.3) is 10.8 Å². The van der Waals surface area contributed by atoms with Crippen LogP contribution >= 0.6 is 24.0 Å². The van der Waals surface area contributed by atoms with E-state index in [9.17, 15) is 8.42 Å². The van der Waals surface area contributed by atoms with Crippen molar-refractivity contribution in [2.75, 3.05) is 17.8 Å². The van der Waals surface area contributed by atoms with E-state index in [-0.39, 0.29) is 23.4 Å². The molecule has 5 nitrogen and oxygen atoms in total. The highest BCUT2D eigenvalue weighted by Crippen LogP contribution is 2.33. The zero-order chi connectivity index (χ0) is 18.9. The van der Waals surface area contributed by atoms with E-state index in [1.165, 1.54) is 12.1 Å². The highest BCUT2D eigenvalue weighted by Gasteiger charge is 2.19. The number of anilines is 1. The van der Waals surface area contributed by atoms with Crippen molar-refractivity contribution in [2.45, 2.75) is 17.4 Å². The van der Waals surface area contributed by atoms with Gasteiger partial charge in [0.2, 0.25) is 0 Å². The lowest BCUT2D eigenvalue weighted by molar-refractivity contribution is 0.226. The Morgan fingerprint density at radius 3 is 2.39 bits per heavy atom. The predicted octanol–water partition coefficient (Wildman–Crippen LogP) is 4.46. The Kier molecular flexibility index (Phi) is 6.35. The standard InChI is InChI=1S/C20H19ClN2O3S.ClH/c21-14-5-7-16(8-6-14)27(24,25)23-19-9-10-20(26-15-11-12-22-13-15)18-4-2-1-3-17(18)19;/h1-10,15,22-23H,11-13H2;1H. The number of hydrogen-bond acceptors (Lipinski definition) is 4. The fourth-order valence-corrected chi connectivity index (χ4v) is 4.39. The number of halogens is 2. The Morgan fingerprint density at radius 2 is 1.71 bits per heavy atom. The second-order valence-electron chi connectivity index (χ2n) is 6.45. The quantitative estimate of drug-likeness (QED) is 0.616. The van der Waals surface area contributed by atoms with E-state index in [1.807, 2.05) is 30.3 Å². The number of nitrogens with one attached hydrogen (secondary N) is 2. The number of fused-ring (bicyclic) bond motifs is 1. The van der Waals surface area contributed by atoms with Crippen molar-refractivity contribution in [1.82, 2.24) is 5.32 Å². The molecule has 148 valence electrons. The summed E-state index contributed by atoms with van der Waals surface area (Å²) >= 11 is 5.85. The molecule has 0 spiro atoms. The van der Waals surface area contributed by atoms with Crippen LogP contribution in [0, 0.1) is 0 Å². The lowest BCUT2D eigenvalue weighted by atomic mass is 10.1. The van der Waals surface area contributed by atoms with E-state index in [1.54, 1.807) is 18.2 Å². The van der Waals surface area contributed by atoms with Gasteiger partial charge in [0.05, 0.1) is 10.6 Å². The van der Waals surface area contributed by atoms with Gasteiger partial charge in [-0.1, -0.05) is 35.9 Å². The molecule has 0 aromatic heterocycles. The molecule has 1 aliphatic rings. The summed E-state index contributed by atoms with van der Waals surface area (Å²) in [6.45, 7) is 1.76. The minimum atomic E-state index is -3.72. The van der Waals surface area contributed by atoms with Gasteiger partial charge in [0.1, 0.15) is 11.9 Å². The summed E-state index contributed by atoms with van der Waals surface area (Å²) in [6.07, 6.45) is 1.09. The van der Waals surface area contributed by atoms with E-state index < -0.39 is 10.0 Å². The number of benzene rings is 3. The van der Waals surface area contributed by atoms with Crippen LogP contribution in [0.3, 0.4) is 0 Å². The average Bonchev–Trinajstić information content (AvgIpc) is 3.17. The highest BCUT2D eigenvalue weighted by atomic mass is 35.5. The maximum absolute atomic E-state index is 12.7. The summed E-state index contributed by atoms with van der Waals surface area (Å²) in [4.78, 5) is 0.160. The van der Waals surface area contributed by atoms with E-state index in [2.05, 4.69) is 10.0 Å². The highest BCUT2D eigenvalue weighted by molar-refractivity contribution is 7.92. The van der Waals surface area contributed by atoms with Gasteiger partial charge in [-0.05, 0) is 49.4 Å². The molecule has 1 atom stereocenters. The Labute approximate surface area is 175 Å². The molecule has 0 bridgehead atoms. The maximum Gasteiger partial charge on any atom is 0.261 e. The number of ether oxygens (including phenoxy) is 1. The third kappa shape index (κ3) is 4.36. The molecule has 1 heterocycles. The van der Waals surface area contributed by atoms with E-state index in [0.29, 0.717) is 10.7 Å². The second kappa shape index (κ2) is 8.57. The fraction of sp³-hybridized carbons (Fsp3) is 0.200. The first kappa shape index (κ1) is 20.7.